The molecule has 1 radical (unpaired) electrons. The van der Waals surface area contributed by atoms with E-state index in [-0.39, 0.29) is 0 Å². The summed E-state index contributed by atoms with van der Waals surface area (Å²) in [7, 11) is 0. The van der Waals surface area contributed by atoms with Crippen molar-refractivity contribution in [1.82, 2.24) is 4.90 Å². The lowest BCUT2D eigenvalue weighted by Gasteiger charge is -2.16. The minimum atomic E-state index is 0.513. The van der Waals surface area contributed by atoms with Crippen molar-refractivity contribution in [3.05, 3.63) is 70.7 Å². The van der Waals surface area contributed by atoms with Crippen LogP contribution in [0.1, 0.15) is 11.1 Å². The van der Waals surface area contributed by atoms with Crippen LogP contribution >= 0.6 is 11.6 Å². The molecule has 0 spiro atoms. The smallest absolute Gasteiger partial charge is 0.312 e. The summed E-state index contributed by atoms with van der Waals surface area (Å²) in [5, 5.41) is 0.679. The maximum Gasteiger partial charge on any atom is 0.312 e. The van der Waals surface area contributed by atoms with E-state index in [2.05, 4.69) is 0 Å². The fraction of sp³-hybridized carbons (Fsp3) is 0.133. The number of halogens is 1. The Morgan fingerprint density at radius 3 is 2.28 bits per heavy atom. The highest BCUT2D eigenvalue weighted by atomic mass is 35.5. The summed E-state index contributed by atoms with van der Waals surface area (Å²) in [6, 6.07) is 17.3. The van der Waals surface area contributed by atoms with Crippen molar-refractivity contribution in [1.29, 1.82) is 0 Å². The predicted octanol–water partition coefficient (Wildman–Crippen LogP) is 3.41. The Morgan fingerprint density at radius 2 is 1.61 bits per heavy atom. The Kier molecular flexibility index (Phi) is 4.37. The Bertz CT molecular complexity index is 513. The van der Waals surface area contributed by atoms with Gasteiger partial charge in [-0.15, -0.1) is 0 Å². The quantitative estimate of drug-likeness (QED) is 0.753. The topological polar surface area (TPSA) is 20.3 Å². The number of hydrogen-bond acceptors (Lipinski definition) is 1. The second kappa shape index (κ2) is 6.22. The molecule has 2 nitrogen and oxygen atoms in total. The summed E-state index contributed by atoms with van der Waals surface area (Å²) in [5.74, 6) is 0. The molecule has 0 aliphatic heterocycles. The van der Waals surface area contributed by atoms with E-state index in [4.69, 9.17) is 11.6 Å². The number of amides is 1. The van der Waals surface area contributed by atoms with Gasteiger partial charge < -0.3 is 4.90 Å². The second-order valence-corrected chi connectivity index (χ2v) is 4.50. The van der Waals surface area contributed by atoms with Gasteiger partial charge in [0.15, 0.2) is 0 Å². The van der Waals surface area contributed by atoms with E-state index < -0.39 is 0 Å². The third-order valence-corrected chi connectivity index (χ3v) is 2.84. The van der Waals surface area contributed by atoms with E-state index in [1.807, 2.05) is 61.0 Å². The monoisotopic (exact) mass is 258 g/mol. The van der Waals surface area contributed by atoms with Gasteiger partial charge in [0.2, 0.25) is 0 Å². The first kappa shape index (κ1) is 12.7. The number of benzene rings is 2. The summed E-state index contributed by atoms with van der Waals surface area (Å²) in [5.41, 5.74) is 2.09. The van der Waals surface area contributed by atoms with E-state index in [9.17, 15) is 4.79 Å². The molecule has 0 saturated heterocycles. The lowest BCUT2D eigenvalue weighted by molar-refractivity contribution is 0.368. The van der Waals surface area contributed by atoms with Crippen LogP contribution in [0.5, 0.6) is 0 Å². The van der Waals surface area contributed by atoms with Crippen molar-refractivity contribution in [2.45, 2.75) is 13.1 Å². The first-order valence-electron chi connectivity index (χ1n) is 5.69. The van der Waals surface area contributed by atoms with Gasteiger partial charge in [0.05, 0.1) is 0 Å². The predicted molar refractivity (Wildman–Crippen MR) is 72.8 cm³/mol. The van der Waals surface area contributed by atoms with Crippen LogP contribution in [-0.4, -0.2) is 11.3 Å². The van der Waals surface area contributed by atoms with E-state index in [0.717, 1.165) is 11.1 Å². The molecule has 0 N–H and O–H groups in total. The number of nitrogens with zero attached hydrogens (tertiary/aromatic N) is 1. The van der Waals surface area contributed by atoms with Crippen molar-refractivity contribution in [3.63, 3.8) is 0 Å². The largest absolute Gasteiger partial charge is 0.326 e. The summed E-state index contributed by atoms with van der Waals surface area (Å²) in [6.45, 7) is 1.07. The molecule has 1 amide bonds. The summed E-state index contributed by atoms with van der Waals surface area (Å²) < 4.78 is 0. The summed E-state index contributed by atoms with van der Waals surface area (Å²) in [4.78, 5) is 12.6. The lowest BCUT2D eigenvalue weighted by Crippen LogP contribution is -2.20. The molecule has 3 heteroatoms. The molecule has 91 valence electrons. The van der Waals surface area contributed by atoms with Gasteiger partial charge in [-0.25, -0.2) is 0 Å². The zero-order valence-electron chi connectivity index (χ0n) is 9.84. The van der Waals surface area contributed by atoms with Crippen LogP contribution in [0.2, 0.25) is 5.02 Å². The van der Waals surface area contributed by atoms with Crippen LogP contribution in [0.4, 0.5) is 0 Å². The Morgan fingerprint density at radius 1 is 0.944 bits per heavy atom. The number of hydrogen-bond donors (Lipinski definition) is 0. The molecule has 18 heavy (non-hydrogen) atoms. The van der Waals surface area contributed by atoms with E-state index in [0.29, 0.717) is 18.1 Å². The Labute approximate surface area is 112 Å². The fourth-order valence-corrected chi connectivity index (χ4v) is 1.99. The molecule has 0 bridgehead atoms. The number of rotatable bonds is 5. The lowest BCUT2D eigenvalue weighted by atomic mass is 10.2. The highest BCUT2D eigenvalue weighted by Crippen LogP contribution is 2.13. The fourth-order valence-electron chi connectivity index (χ4n) is 1.78. The van der Waals surface area contributed by atoms with Gasteiger partial charge in [0, 0.05) is 18.1 Å². The van der Waals surface area contributed by atoms with Crippen molar-refractivity contribution in [3.8, 4) is 0 Å². The van der Waals surface area contributed by atoms with Crippen molar-refractivity contribution in [2.75, 3.05) is 0 Å². The molecule has 2 aromatic carbocycles. The zero-order chi connectivity index (χ0) is 12.8. The average Bonchev–Trinajstić information content (AvgIpc) is 2.39. The highest BCUT2D eigenvalue weighted by molar-refractivity contribution is 6.30. The molecular formula is C15H13ClNO. The molecule has 0 heterocycles. The van der Waals surface area contributed by atoms with Gasteiger partial charge >= 0.3 is 6.41 Å². The molecular weight excluding hydrogens is 246 g/mol. The standard InChI is InChI=1S/C15H13ClNO/c16-15-8-4-7-14(9-15)11-17(12-18)10-13-5-2-1-3-6-13/h1-9H,10-11H2. The maximum absolute atomic E-state index is 11.0. The molecule has 0 atom stereocenters. The van der Waals surface area contributed by atoms with E-state index in [1.165, 1.54) is 0 Å². The second-order valence-electron chi connectivity index (χ2n) is 4.06. The minimum Gasteiger partial charge on any atom is -0.326 e. The molecule has 0 aliphatic carbocycles. The average molecular weight is 259 g/mol. The van der Waals surface area contributed by atoms with Crippen LogP contribution in [0.3, 0.4) is 0 Å². The molecule has 0 aromatic heterocycles. The van der Waals surface area contributed by atoms with E-state index in [1.54, 1.807) is 4.90 Å². The molecule has 2 rings (SSSR count). The number of carbonyl (C=O) groups excluding carboxylic acids is 1. The van der Waals surface area contributed by atoms with Crippen molar-refractivity contribution >= 4 is 18.0 Å². The molecule has 2 aromatic rings. The highest BCUT2D eigenvalue weighted by Gasteiger charge is 2.05. The molecule has 0 unspecified atom stereocenters. The molecule has 0 aliphatic rings. The van der Waals surface area contributed by atoms with Crippen LogP contribution in [0, 0.1) is 0 Å². The molecule has 0 fully saturated rings. The third kappa shape index (κ3) is 3.60. The first-order valence-corrected chi connectivity index (χ1v) is 6.07. The van der Waals surface area contributed by atoms with Crippen LogP contribution in [0.25, 0.3) is 0 Å². The van der Waals surface area contributed by atoms with Crippen molar-refractivity contribution in [2.24, 2.45) is 0 Å². The Hall–Kier alpha value is -1.80. The van der Waals surface area contributed by atoms with Crippen LogP contribution in [-0.2, 0) is 17.9 Å². The van der Waals surface area contributed by atoms with Gasteiger partial charge in [0.25, 0.3) is 0 Å². The van der Waals surface area contributed by atoms with Gasteiger partial charge in [-0.2, -0.15) is 0 Å². The van der Waals surface area contributed by atoms with Gasteiger partial charge in [-0.05, 0) is 23.3 Å². The Balaban J connectivity index is 2.04. The zero-order valence-corrected chi connectivity index (χ0v) is 10.6. The molecule has 0 saturated carbocycles. The van der Waals surface area contributed by atoms with Gasteiger partial charge in [-0.1, -0.05) is 54.1 Å². The SMILES string of the molecule is O=[C]N(Cc1ccccc1)Cc1cccc(Cl)c1. The van der Waals surface area contributed by atoms with Crippen LogP contribution in [0.15, 0.2) is 54.6 Å². The summed E-state index contributed by atoms with van der Waals surface area (Å²) >= 11 is 5.91. The maximum atomic E-state index is 11.0. The van der Waals surface area contributed by atoms with E-state index >= 15 is 0 Å². The van der Waals surface area contributed by atoms with Gasteiger partial charge in [-0.3, -0.25) is 4.79 Å². The van der Waals surface area contributed by atoms with Crippen LogP contribution < -0.4 is 0 Å². The normalized spacial score (nSPS) is 10.1. The first-order chi connectivity index (χ1) is 8.78. The van der Waals surface area contributed by atoms with Crippen molar-refractivity contribution < 1.29 is 4.79 Å². The summed E-state index contributed by atoms with van der Waals surface area (Å²) in [6.07, 6.45) is 1.96. The minimum absolute atomic E-state index is 0.513. The van der Waals surface area contributed by atoms with Gasteiger partial charge in [0.1, 0.15) is 0 Å². The third-order valence-electron chi connectivity index (χ3n) is 2.61.